The van der Waals surface area contributed by atoms with Gasteiger partial charge in [0, 0.05) is 6.54 Å². The molecule has 0 atom stereocenters. The van der Waals surface area contributed by atoms with Crippen molar-refractivity contribution in [2.75, 3.05) is 6.54 Å². The summed E-state index contributed by atoms with van der Waals surface area (Å²) >= 11 is 2.14. The van der Waals surface area contributed by atoms with Crippen LogP contribution in [0.2, 0.25) is 0 Å². The number of urea groups is 1. The molecule has 1 heterocycles. The Bertz CT molecular complexity index is 969. The highest BCUT2D eigenvalue weighted by molar-refractivity contribution is 14.1. The molecule has 1 fully saturated rings. The third-order valence-electron chi connectivity index (χ3n) is 4.14. The Morgan fingerprint density at radius 2 is 1.93 bits per heavy atom. The highest BCUT2D eigenvalue weighted by Crippen LogP contribution is 2.25. The van der Waals surface area contributed by atoms with E-state index >= 15 is 0 Å². The second kappa shape index (κ2) is 8.42. The van der Waals surface area contributed by atoms with Gasteiger partial charge in [0.1, 0.15) is 18.1 Å². The molecule has 1 aliphatic rings. The average molecular weight is 492 g/mol. The van der Waals surface area contributed by atoms with Crippen molar-refractivity contribution in [3.05, 3.63) is 68.4 Å². The lowest BCUT2D eigenvalue weighted by atomic mass is 10.1. The number of imide groups is 1. The maximum Gasteiger partial charge on any atom is 0.335 e. The maximum atomic E-state index is 12.1. The molecule has 0 saturated carbocycles. The first-order valence-corrected chi connectivity index (χ1v) is 9.56. The zero-order chi connectivity index (χ0) is 20.3. The van der Waals surface area contributed by atoms with E-state index in [1.165, 1.54) is 12.1 Å². The Labute approximate surface area is 175 Å². The topological polar surface area (TPSA) is 95.9 Å². The van der Waals surface area contributed by atoms with Crippen LogP contribution in [-0.2, 0) is 11.4 Å². The predicted octanol–water partition coefficient (Wildman–Crippen LogP) is 3.48. The van der Waals surface area contributed by atoms with E-state index in [4.69, 9.17) is 9.84 Å². The van der Waals surface area contributed by atoms with Gasteiger partial charge in [0.25, 0.3) is 5.91 Å². The predicted molar refractivity (Wildman–Crippen MR) is 111 cm³/mol. The van der Waals surface area contributed by atoms with Crippen molar-refractivity contribution in [1.82, 2.24) is 10.2 Å². The molecule has 3 amide bonds. The Morgan fingerprint density at radius 3 is 2.50 bits per heavy atom. The molecule has 0 radical (unpaired) electrons. The normalized spacial score (nSPS) is 15.1. The van der Waals surface area contributed by atoms with Crippen LogP contribution in [0.5, 0.6) is 5.75 Å². The van der Waals surface area contributed by atoms with Gasteiger partial charge in [-0.05, 0) is 71.0 Å². The summed E-state index contributed by atoms with van der Waals surface area (Å²) in [5, 5.41) is 11.5. The van der Waals surface area contributed by atoms with E-state index in [0.717, 1.165) is 19.6 Å². The van der Waals surface area contributed by atoms with Gasteiger partial charge >= 0.3 is 12.0 Å². The molecule has 2 aromatic rings. The number of hydrogen-bond acceptors (Lipinski definition) is 4. The van der Waals surface area contributed by atoms with Crippen molar-refractivity contribution in [3.63, 3.8) is 0 Å². The van der Waals surface area contributed by atoms with Crippen molar-refractivity contribution >= 4 is 46.6 Å². The van der Waals surface area contributed by atoms with Gasteiger partial charge in [-0.2, -0.15) is 0 Å². The van der Waals surface area contributed by atoms with Crippen LogP contribution in [-0.4, -0.2) is 34.5 Å². The molecule has 2 N–H and O–H groups in total. The largest absolute Gasteiger partial charge is 0.488 e. The Morgan fingerprint density at radius 1 is 1.21 bits per heavy atom. The van der Waals surface area contributed by atoms with Gasteiger partial charge < -0.3 is 15.2 Å². The van der Waals surface area contributed by atoms with Gasteiger partial charge in [-0.15, -0.1) is 0 Å². The lowest BCUT2D eigenvalue weighted by Gasteiger charge is -2.09. The molecule has 2 aromatic carbocycles. The standard InChI is InChI=1S/C20H17IN2O5/c1-2-23-18(24)16(22-20(23)27)10-13-5-8-17(15(21)9-13)28-11-12-3-6-14(7-4-12)19(25)26/h3-10H,2,11H2,1H3,(H,22,27)(H,25,26)/b16-10-. The Balaban J connectivity index is 1.69. The van der Waals surface area contributed by atoms with Gasteiger partial charge in [0.15, 0.2) is 0 Å². The minimum absolute atomic E-state index is 0.228. The number of halogens is 1. The summed E-state index contributed by atoms with van der Waals surface area (Å²) in [7, 11) is 0. The van der Waals surface area contributed by atoms with Crippen LogP contribution in [0.1, 0.15) is 28.4 Å². The summed E-state index contributed by atoms with van der Waals surface area (Å²) in [5.74, 6) is -0.639. The molecular weight excluding hydrogens is 475 g/mol. The molecular formula is C20H17IN2O5. The fourth-order valence-corrected chi connectivity index (χ4v) is 3.35. The number of aromatic carboxylic acids is 1. The molecule has 0 aromatic heterocycles. The van der Waals surface area contributed by atoms with Crippen LogP contribution in [0.15, 0.2) is 48.2 Å². The summed E-state index contributed by atoms with van der Waals surface area (Å²) in [6.07, 6.45) is 1.63. The second-order valence-corrected chi connectivity index (χ2v) is 7.18. The number of carboxylic acid groups (broad SMARTS) is 1. The monoisotopic (exact) mass is 492 g/mol. The number of nitrogens with one attached hydrogen (secondary N) is 1. The summed E-state index contributed by atoms with van der Waals surface area (Å²) < 4.78 is 6.65. The van der Waals surface area contributed by atoms with Gasteiger partial charge in [0.05, 0.1) is 9.13 Å². The molecule has 0 bridgehead atoms. The van der Waals surface area contributed by atoms with Crippen LogP contribution < -0.4 is 10.1 Å². The van der Waals surface area contributed by atoms with Gasteiger partial charge in [0.2, 0.25) is 0 Å². The SMILES string of the molecule is CCN1C(=O)N/C(=C\c2ccc(OCc3ccc(C(=O)O)cc3)c(I)c2)C1=O. The fourth-order valence-electron chi connectivity index (χ4n) is 2.65. The van der Waals surface area contributed by atoms with E-state index in [1.54, 1.807) is 37.3 Å². The van der Waals surface area contributed by atoms with Crippen molar-refractivity contribution in [2.24, 2.45) is 0 Å². The molecule has 28 heavy (non-hydrogen) atoms. The minimum Gasteiger partial charge on any atom is -0.488 e. The van der Waals surface area contributed by atoms with Crippen LogP contribution in [0.4, 0.5) is 4.79 Å². The highest BCUT2D eigenvalue weighted by atomic mass is 127. The zero-order valence-corrected chi connectivity index (χ0v) is 17.1. The van der Waals surface area contributed by atoms with E-state index < -0.39 is 12.0 Å². The third kappa shape index (κ3) is 4.33. The van der Waals surface area contributed by atoms with Crippen molar-refractivity contribution in [1.29, 1.82) is 0 Å². The maximum absolute atomic E-state index is 12.1. The number of ether oxygens (including phenoxy) is 1. The summed E-state index contributed by atoms with van der Waals surface area (Å²) in [5.41, 5.74) is 2.09. The van der Waals surface area contributed by atoms with E-state index in [9.17, 15) is 14.4 Å². The smallest absolute Gasteiger partial charge is 0.335 e. The number of carbonyl (C=O) groups excluding carboxylic acids is 2. The number of nitrogens with zero attached hydrogens (tertiary/aromatic N) is 1. The number of carbonyl (C=O) groups is 3. The van der Waals surface area contributed by atoms with E-state index in [0.29, 0.717) is 18.9 Å². The number of benzene rings is 2. The number of amides is 3. The molecule has 8 heteroatoms. The van der Waals surface area contributed by atoms with Crippen molar-refractivity contribution < 1.29 is 24.2 Å². The lowest BCUT2D eigenvalue weighted by Crippen LogP contribution is -2.30. The first-order chi connectivity index (χ1) is 13.4. The first kappa shape index (κ1) is 19.9. The van der Waals surface area contributed by atoms with E-state index in [2.05, 4.69) is 27.9 Å². The first-order valence-electron chi connectivity index (χ1n) is 8.48. The number of hydrogen-bond donors (Lipinski definition) is 2. The van der Waals surface area contributed by atoms with E-state index in [-0.39, 0.29) is 17.2 Å². The van der Waals surface area contributed by atoms with Gasteiger partial charge in [-0.1, -0.05) is 18.2 Å². The minimum atomic E-state index is -0.967. The molecule has 1 aliphatic heterocycles. The van der Waals surface area contributed by atoms with Gasteiger partial charge in [-0.25, -0.2) is 9.59 Å². The molecule has 0 spiro atoms. The van der Waals surface area contributed by atoms with Crippen LogP contribution >= 0.6 is 22.6 Å². The number of rotatable bonds is 6. The van der Waals surface area contributed by atoms with Crippen molar-refractivity contribution in [3.8, 4) is 5.75 Å². The quantitative estimate of drug-likeness (QED) is 0.366. The molecule has 144 valence electrons. The van der Waals surface area contributed by atoms with Crippen LogP contribution in [0.25, 0.3) is 6.08 Å². The van der Waals surface area contributed by atoms with Crippen LogP contribution in [0.3, 0.4) is 0 Å². The molecule has 3 rings (SSSR count). The van der Waals surface area contributed by atoms with Gasteiger partial charge in [-0.3, -0.25) is 9.69 Å². The number of likely N-dealkylation sites (N-methyl/N-ethyl adjacent to an activating group) is 1. The zero-order valence-electron chi connectivity index (χ0n) is 14.9. The second-order valence-electron chi connectivity index (χ2n) is 6.02. The fraction of sp³-hybridized carbons (Fsp3) is 0.150. The van der Waals surface area contributed by atoms with Crippen molar-refractivity contribution in [2.45, 2.75) is 13.5 Å². The Kier molecular flexibility index (Phi) is 5.98. The third-order valence-corrected chi connectivity index (χ3v) is 4.98. The van der Waals surface area contributed by atoms with E-state index in [1.807, 2.05) is 6.07 Å². The summed E-state index contributed by atoms with van der Waals surface area (Å²) in [6.45, 7) is 2.36. The van der Waals surface area contributed by atoms with Crippen LogP contribution in [0, 0.1) is 3.57 Å². The summed E-state index contributed by atoms with van der Waals surface area (Å²) in [6, 6.07) is 11.5. The molecule has 0 unspecified atom stereocenters. The Hall–Kier alpha value is -2.88. The highest BCUT2D eigenvalue weighted by Gasteiger charge is 2.31. The average Bonchev–Trinajstić information content (AvgIpc) is 2.94. The molecule has 0 aliphatic carbocycles. The molecule has 7 nitrogen and oxygen atoms in total. The lowest BCUT2D eigenvalue weighted by molar-refractivity contribution is -0.122. The summed E-state index contributed by atoms with van der Waals surface area (Å²) in [4.78, 5) is 35.9. The number of carboxylic acids is 1. The molecule has 1 saturated heterocycles.